The van der Waals surface area contributed by atoms with Crippen LogP contribution in [0.3, 0.4) is 0 Å². The Morgan fingerprint density at radius 2 is 1.02 bits per heavy atom. The predicted molar refractivity (Wildman–Crippen MR) is 236 cm³/mol. The van der Waals surface area contributed by atoms with E-state index in [9.17, 15) is 19.8 Å². The van der Waals surface area contributed by atoms with E-state index in [1.165, 1.54) is 4.57 Å². The van der Waals surface area contributed by atoms with Crippen molar-refractivity contribution in [3.8, 4) is 0 Å². The summed E-state index contributed by atoms with van der Waals surface area (Å²) in [7, 11) is 0. The second-order valence-electron chi connectivity index (χ2n) is 14.9. The third kappa shape index (κ3) is 6.30. The van der Waals surface area contributed by atoms with E-state index in [1.807, 2.05) is 189 Å². The summed E-state index contributed by atoms with van der Waals surface area (Å²) >= 11 is 2.22. The SMILES string of the molecule is CCCc1cn([C@@H]2O[C@H](C(O)C(c3ccccc3)(c3ccccc3)c3ccccc3)[C@](O)(C(c3ccccc3)(c3ccccc3)c3ccccc3)[C@H]2I)c(=O)[nH]c1=O. The van der Waals surface area contributed by atoms with Crippen LogP contribution < -0.4 is 11.2 Å². The molecular weight excluding hydrogens is 835 g/mol. The molecule has 0 bridgehead atoms. The number of hydrogen-bond donors (Lipinski definition) is 3. The van der Waals surface area contributed by atoms with Gasteiger partial charge < -0.3 is 14.9 Å². The van der Waals surface area contributed by atoms with E-state index >= 15 is 0 Å². The zero-order chi connectivity index (χ0) is 40.3. The highest BCUT2D eigenvalue weighted by Crippen LogP contribution is 2.60. The fourth-order valence-corrected chi connectivity index (χ4v) is 10.7. The number of aliphatic hydroxyl groups is 2. The average Bonchev–Trinajstić information content (AvgIpc) is 3.54. The summed E-state index contributed by atoms with van der Waals surface area (Å²) in [5.41, 5.74) is -0.776. The molecule has 0 amide bonds. The number of halogens is 1. The maximum Gasteiger partial charge on any atom is 0.330 e. The van der Waals surface area contributed by atoms with Gasteiger partial charge in [0.2, 0.25) is 0 Å². The first-order chi connectivity index (χ1) is 28.3. The molecule has 8 rings (SSSR count). The van der Waals surface area contributed by atoms with Gasteiger partial charge in [-0.2, -0.15) is 0 Å². The first-order valence-electron chi connectivity index (χ1n) is 19.7. The number of nitrogens with one attached hydrogen (secondary N) is 1. The van der Waals surface area contributed by atoms with Crippen molar-refractivity contribution in [1.82, 2.24) is 9.55 Å². The highest BCUT2D eigenvalue weighted by atomic mass is 127. The lowest BCUT2D eigenvalue weighted by Gasteiger charge is -2.53. The van der Waals surface area contributed by atoms with E-state index in [0.29, 0.717) is 18.4 Å². The minimum Gasteiger partial charge on any atom is -0.389 e. The number of H-pyrrole nitrogens is 1. The summed E-state index contributed by atoms with van der Waals surface area (Å²) in [6.07, 6.45) is -1.35. The van der Waals surface area contributed by atoms with Crippen LogP contribution >= 0.6 is 22.6 Å². The van der Waals surface area contributed by atoms with Gasteiger partial charge in [-0.15, -0.1) is 0 Å². The maximum absolute atomic E-state index is 14.7. The van der Waals surface area contributed by atoms with Gasteiger partial charge in [-0.3, -0.25) is 14.3 Å². The summed E-state index contributed by atoms with van der Waals surface area (Å²) in [5, 5.41) is 28.7. The number of hydrogen-bond acceptors (Lipinski definition) is 5. The lowest BCUT2D eigenvalue weighted by molar-refractivity contribution is -0.143. The normalized spacial score (nSPS) is 20.1. The van der Waals surface area contributed by atoms with Gasteiger partial charge >= 0.3 is 5.69 Å². The van der Waals surface area contributed by atoms with E-state index in [4.69, 9.17) is 4.74 Å². The molecule has 1 aliphatic heterocycles. The Hall–Kier alpha value is -5.39. The Bertz CT molecular complexity index is 2360. The lowest BCUT2D eigenvalue weighted by atomic mass is 9.54. The largest absolute Gasteiger partial charge is 0.389 e. The standard InChI is InChI=1S/C50H45IN2O5/c1-2-21-35-34-53(47(56)52-45(35)55)46-42(51)50(57,49(39-28-15-6-16-29-39,40-30-17-7-18-31-40)41-32-19-8-20-33-41)44(58-46)43(54)48(36-22-9-3-10-23-36,37-24-11-4-12-25-37)38-26-13-5-14-27-38/h3-20,22-34,42-44,46,54,57H,2,21H2,1H3,(H,52,55,56)/t42-,43?,44+,46+,50-/m0/s1. The highest BCUT2D eigenvalue weighted by molar-refractivity contribution is 14.1. The molecule has 1 aliphatic rings. The van der Waals surface area contributed by atoms with Gasteiger partial charge in [0.15, 0.2) is 6.23 Å². The fourth-order valence-electron chi connectivity index (χ4n) is 9.40. The van der Waals surface area contributed by atoms with Gasteiger partial charge in [-0.1, -0.05) is 218 Å². The summed E-state index contributed by atoms with van der Waals surface area (Å²) in [6.45, 7) is 1.97. The van der Waals surface area contributed by atoms with Crippen LogP contribution in [0.15, 0.2) is 198 Å². The number of aliphatic hydroxyl groups excluding tert-OH is 1. The number of benzene rings is 6. The lowest BCUT2D eigenvalue weighted by Crippen LogP contribution is -2.67. The molecule has 7 nitrogen and oxygen atoms in total. The molecule has 292 valence electrons. The maximum atomic E-state index is 14.7. The Labute approximate surface area is 351 Å². The number of aromatic nitrogens is 2. The molecule has 3 N–H and O–H groups in total. The number of alkyl halides is 1. The third-order valence-electron chi connectivity index (χ3n) is 11.9. The van der Waals surface area contributed by atoms with Crippen molar-refractivity contribution in [2.75, 3.05) is 0 Å². The summed E-state index contributed by atoms with van der Waals surface area (Å²) < 4.78 is 7.74. The van der Waals surface area contributed by atoms with Gasteiger partial charge in [0.1, 0.15) is 17.8 Å². The van der Waals surface area contributed by atoms with Crippen LogP contribution in [0.1, 0.15) is 58.5 Å². The first-order valence-corrected chi connectivity index (χ1v) is 20.9. The Balaban J connectivity index is 1.52. The minimum absolute atomic E-state index is 0.425. The van der Waals surface area contributed by atoms with Gasteiger partial charge in [0.25, 0.3) is 5.56 Å². The molecule has 1 aromatic heterocycles. The summed E-state index contributed by atoms with van der Waals surface area (Å²) in [5.74, 6) is 0. The zero-order valence-corrected chi connectivity index (χ0v) is 34.2. The molecule has 0 saturated carbocycles. The zero-order valence-electron chi connectivity index (χ0n) is 32.1. The predicted octanol–water partition coefficient (Wildman–Crippen LogP) is 8.35. The topological polar surface area (TPSA) is 105 Å². The molecule has 0 spiro atoms. The van der Waals surface area contributed by atoms with Crippen LogP contribution in [-0.4, -0.2) is 41.5 Å². The van der Waals surface area contributed by atoms with Crippen molar-refractivity contribution in [3.05, 3.63) is 248 Å². The quantitative estimate of drug-likeness (QED) is 0.0651. The molecule has 1 saturated heterocycles. The van der Waals surface area contributed by atoms with Crippen molar-refractivity contribution in [2.24, 2.45) is 0 Å². The Morgan fingerprint density at radius 3 is 1.38 bits per heavy atom. The number of rotatable bonds is 12. The van der Waals surface area contributed by atoms with E-state index in [-0.39, 0.29) is 0 Å². The molecule has 6 aromatic carbocycles. The molecule has 7 aromatic rings. The van der Waals surface area contributed by atoms with E-state index in [2.05, 4.69) is 27.6 Å². The van der Waals surface area contributed by atoms with E-state index < -0.39 is 50.0 Å². The van der Waals surface area contributed by atoms with Gasteiger partial charge in [-0.25, -0.2) is 4.79 Å². The molecule has 0 aliphatic carbocycles. The van der Waals surface area contributed by atoms with Crippen LogP contribution in [0.4, 0.5) is 0 Å². The second kappa shape index (κ2) is 16.5. The van der Waals surface area contributed by atoms with Crippen molar-refractivity contribution in [1.29, 1.82) is 0 Å². The smallest absolute Gasteiger partial charge is 0.330 e. The van der Waals surface area contributed by atoms with Crippen LogP contribution in [-0.2, 0) is 22.0 Å². The first kappa shape index (κ1) is 39.4. The molecule has 2 heterocycles. The Morgan fingerprint density at radius 1 is 0.655 bits per heavy atom. The Kier molecular flexibility index (Phi) is 11.2. The second-order valence-corrected chi connectivity index (χ2v) is 16.3. The summed E-state index contributed by atoms with van der Waals surface area (Å²) in [4.78, 5) is 29.6. The number of ether oxygens (including phenoxy) is 1. The van der Waals surface area contributed by atoms with Crippen LogP contribution in [0, 0.1) is 0 Å². The molecule has 5 atom stereocenters. The van der Waals surface area contributed by atoms with Crippen LogP contribution in [0.5, 0.6) is 0 Å². The fraction of sp³-hybridized carbons (Fsp3) is 0.200. The average molecular weight is 881 g/mol. The van der Waals surface area contributed by atoms with Crippen LogP contribution in [0.2, 0.25) is 0 Å². The van der Waals surface area contributed by atoms with Crippen LogP contribution in [0.25, 0.3) is 0 Å². The van der Waals surface area contributed by atoms with E-state index in [0.717, 1.165) is 33.4 Å². The highest BCUT2D eigenvalue weighted by Gasteiger charge is 2.71. The van der Waals surface area contributed by atoms with Gasteiger partial charge in [0, 0.05) is 11.8 Å². The molecule has 58 heavy (non-hydrogen) atoms. The van der Waals surface area contributed by atoms with E-state index in [1.54, 1.807) is 6.20 Å². The van der Waals surface area contributed by atoms with Crippen molar-refractivity contribution >= 4 is 22.6 Å². The summed E-state index contributed by atoms with van der Waals surface area (Å²) in [6, 6.07) is 59.1. The number of aromatic amines is 1. The molecule has 1 unspecified atom stereocenters. The molecule has 8 heteroatoms. The molecule has 0 radical (unpaired) electrons. The van der Waals surface area contributed by atoms with Gasteiger partial charge in [0.05, 0.1) is 14.8 Å². The van der Waals surface area contributed by atoms with Gasteiger partial charge in [-0.05, 0) is 39.8 Å². The third-order valence-corrected chi connectivity index (χ3v) is 13.4. The molecular formula is C50H45IN2O5. The van der Waals surface area contributed by atoms with Crippen molar-refractivity contribution < 1.29 is 14.9 Å². The van der Waals surface area contributed by atoms with Crippen molar-refractivity contribution in [2.45, 2.75) is 58.6 Å². The molecule has 1 fully saturated rings. The number of nitrogens with zero attached hydrogens (tertiary/aromatic N) is 1. The monoisotopic (exact) mass is 880 g/mol. The number of aryl methyl sites for hydroxylation is 1. The van der Waals surface area contributed by atoms with Crippen molar-refractivity contribution in [3.63, 3.8) is 0 Å². The minimum atomic E-state index is -2.02.